The number of aromatic nitrogens is 3. The summed E-state index contributed by atoms with van der Waals surface area (Å²) in [4.78, 5) is 31.7. The second-order valence-corrected chi connectivity index (χ2v) is 6.65. The summed E-state index contributed by atoms with van der Waals surface area (Å²) in [7, 11) is 0. The number of hydrogen-bond donors (Lipinski definition) is 0. The molecule has 0 aliphatic carbocycles. The first-order chi connectivity index (χ1) is 12.7. The molecule has 136 valence electrons. The number of fused-ring (bicyclic) bond motifs is 2. The molecule has 0 saturated carbocycles. The fraction of sp³-hybridized carbons (Fsp3) is 0.421. The van der Waals surface area contributed by atoms with Crippen molar-refractivity contribution in [2.75, 3.05) is 6.54 Å². The zero-order valence-electron chi connectivity index (χ0n) is 14.8. The molecule has 2 aromatic heterocycles. The second kappa shape index (κ2) is 6.82. The van der Waals surface area contributed by atoms with E-state index in [1.807, 2.05) is 23.2 Å². The Kier molecular flexibility index (Phi) is 4.36. The molecule has 1 aromatic carbocycles. The van der Waals surface area contributed by atoms with E-state index in [4.69, 9.17) is 4.42 Å². The molecule has 0 N–H and O–H groups in total. The first-order valence-corrected chi connectivity index (χ1v) is 9.08. The average molecular weight is 354 g/mol. The van der Waals surface area contributed by atoms with Gasteiger partial charge in [-0.1, -0.05) is 25.5 Å². The molecule has 7 heteroatoms. The van der Waals surface area contributed by atoms with Crippen LogP contribution in [0.1, 0.15) is 38.1 Å². The van der Waals surface area contributed by atoms with Gasteiger partial charge in [0.2, 0.25) is 5.91 Å². The summed E-state index contributed by atoms with van der Waals surface area (Å²) in [6.45, 7) is 3.61. The molecule has 3 aromatic rings. The topological polar surface area (TPSA) is 73.3 Å². The molecule has 1 amide bonds. The summed E-state index contributed by atoms with van der Waals surface area (Å²) in [5.41, 5.74) is 1.15. The van der Waals surface area contributed by atoms with Gasteiger partial charge in [-0.2, -0.15) is 0 Å². The average Bonchev–Trinajstić information content (AvgIpc) is 3.17. The third kappa shape index (κ3) is 2.83. The van der Waals surface area contributed by atoms with E-state index in [9.17, 15) is 9.59 Å². The SMILES string of the molecule is CCCC1c2nccn2CCCN1C(=O)Cn1c(=O)oc2ccccc21. The molecule has 0 fully saturated rings. The Morgan fingerprint density at radius 2 is 2.15 bits per heavy atom. The van der Waals surface area contributed by atoms with Gasteiger partial charge in [0.15, 0.2) is 5.58 Å². The van der Waals surface area contributed by atoms with Gasteiger partial charge in [0.25, 0.3) is 0 Å². The molecule has 0 radical (unpaired) electrons. The van der Waals surface area contributed by atoms with Crippen LogP contribution < -0.4 is 5.76 Å². The highest BCUT2D eigenvalue weighted by atomic mass is 16.4. The zero-order valence-corrected chi connectivity index (χ0v) is 14.8. The minimum Gasteiger partial charge on any atom is -0.408 e. The van der Waals surface area contributed by atoms with E-state index in [1.54, 1.807) is 18.3 Å². The number of rotatable bonds is 4. The Morgan fingerprint density at radius 3 is 3.00 bits per heavy atom. The smallest absolute Gasteiger partial charge is 0.408 e. The molecule has 0 bridgehead atoms. The number of carbonyl (C=O) groups excluding carboxylic acids is 1. The van der Waals surface area contributed by atoms with E-state index in [1.165, 1.54) is 4.57 Å². The van der Waals surface area contributed by atoms with Crippen molar-refractivity contribution >= 4 is 17.0 Å². The molecule has 0 saturated heterocycles. The van der Waals surface area contributed by atoms with Crippen LogP contribution in [0.15, 0.2) is 45.9 Å². The van der Waals surface area contributed by atoms with Crippen LogP contribution in [0.2, 0.25) is 0 Å². The van der Waals surface area contributed by atoms with Gasteiger partial charge in [0.1, 0.15) is 12.4 Å². The van der Waals surface area contributed by atoms with Crippen LogP contribution in [-0.4, -0.2) is 31.5 Å². The van der Waals surface area contributed by atoms with Crippen LogP contribution >= 0.6 is 0 Å². The standard InChI is InChI=1S/C19H22N4O3/c1-2-6-15-18-20-9-12-21(18)10-5-11-22(15)17(24)13-23-14-7-3-4-8-16(14)26-19(23)25/h3-4,7-9,12,15H,2,5-6,10-11,13H2,1H3. The van der Waals surface area contributed by atoms with Crippen LogP contribution in [-0.2, 0) is 17.9 Å². The van der Waals surface area contributed by atoms with Gasteiger partial charge in [0.05, 0.1) is 11.6 Å². The lowest BCUT2D eigenvalue weighted by Gasteiger charge is -2.29. The van der Waals surface area contributed by atoms with Crippen molar-refractivity contribution in [3.05, 3.63) is 53.0 Å². The van der Waals surface area contributed by atoms with E-state index < -0.39 is 5.76 Å². The van der Waals surface area contributed by atoms with E-state index in [0.29, 0.717) is 17.6 Å². The Morgan fingerprint density at radius 1 is 1.31 bits per heavy atom. The molecule has 1 unspecified atom stereocenters. The monoisotopic (exact) mass is 354 g/mol. The van der Waals surface area contributed by atoms with Crippen LogP contribution in [0, 0.1) is 0 Å². The van der Waals surface area contributed by atoms with E-state index >= 15 is 0 Å². The zero-order chi connectivity index (χ0) is 18.1. The molecule has 3 heterocycles. The maximum atomic E-state index is 13.1. The van der Waals surface area contributed by atoms with Gasteiger partial charge < -0.3 is 13.9 Å². The minimum absolute atomic E-state index is 0.0171. The van der Waals surface area contributed by atoms with Crippen molar-refractivity contribution in [3.8, 4) is 0 Å². The number of nitrogens with zero attached hydrogens (tertiary/aromatic N) is 4. The predicted octanol–water partition coefficient (Wildman–Crippen LogP) is 2.56. The van der Waals surface area contributed by atoms with E-state index in [0.717, 1.165) is 31.6 Å². The van der Waals surface area contributed by atoms with Crippen molar-refractivity contribution in [2.45, 2.75) is 45.3 Å². The number of carbonyl (C=O) groups is 1. The van der Waals surface area contributed by atoms with Crippen LogP contribution in [0.5, 0.6) is 0 Å². The third-order valence-corrected chi connectivity index (χ3v) is 4.97. The Bertz CT molecular complexity index is 984. The maximum absolute atomic E-state index is 13.1. The highest BCUT2D eigenvalue weighted by Crippen LogP contribution is 2.28. The largest absolute Gasteiger partial charge is 0.420 e. The predicted molar refractivity (Wildman–Crippen MR) is 96.7 cm³/mol. The van der Waals surface area contributed by atoms with Gasteiger partial charge in [-0.15, -0.1) is 0 Å². The van der Waals surface area contributed by atoms with Gasteiger partial charge in [0, 0.05) is 25.5 Å². The lowest BCUT2D eigenvalue weighted by molar-refractivity contribution is -0.134. The Labute approximate surface area is 150 Å². The number of para-hydroxylation sites is 2. The summed E-state index contributed by atoms with van der Waals surface area (Å²) in [6.07, 6.45) is 6.44. The van der Waals surface area contributed by atoms with Crippen molar-refractivity contribution in [1.82, 2.24) is 19.0 Å². The summed E-state index contributed by atoms with van der Waals surface area (Å²) in [6, 6.07) is 7.12. The van der Waals surface area contributed by atoms with Gasteiger partial charge in [-0.05, 0) is 25.0 Å². The number of aryl methyl sites for hydroxylation is 1. The number of imidazole rings is 1. The lowest BCUT2D eigenvalue weighted by atomic mass is 10.1. The summed E-state index contributed by atoms with van der Waals surface area (Å²) >= 11 is 0. The number of oxazole rings is 1. The first kappa shape index (κ1) is 16.6. The van der Waals surface area contributed by atoms with E-state index in [2.05, 4.69) is 16.5 Å². The quantitative estimate of drug-likeness (QED) is 0.722. The molecule has 26 heavy (non-hydrogen) atoms. The number of benzene rings is 1. The van der Waals surface area contributed by atoms with Gasteiger partial charge in [-0.25, -0.2) is 9.78 Å². The summed E-state index contributed by atoms with van der Waals surface area (Å²) in [5.74, 6) is 0.360. The minimum atomic E-state index is -0.497. The molecule has 1 atom stereocenters. The molecular formula is C19H22N4O3. The Hall–Kier alpha value is -2.83. The lowest BCUT2D eigenvalue weighted by Crippen LogP contribution is -2.39. The van der Waals surface area contributed by atoms with E-state index in [-0.39, 0.29) is 18.5 Å². The summed E-state index contributed by atoms with van der Waals surface area (Å²) < 4.78 is 8.80. The van der Waals surface area contributed by atoms with Crippen molar-refractivity contribution in [2.24, 2.45) is 0 Å². The van der Waals surface area contributed by atoms with Crippen LogP contribution in [0.3, 0.4) is 0 Å². The molecule has 4 rings (SSSR count). The molecule has 0 spiro atoms. The van der Waals surface area contributed by atoms with Crippen LogP contribution in [0.4, 0.5) is 0 Å². The Balaban J connectivity index is 1.66. The van der Waals surface area contributed by atoms with Crippen molar-refractivity contribution < 1.29 is 9.21 Å². The molecule has 1 aliphatic heterocycles. The third-order valence-electron chi connectivity index (χ3n) is 4.97. The van der Waals surface area contributed by atoms with Crippen molar-refractivity contribution in [1.29, 1.82) is 0 Å². The maximum Gasteiger partial charge on any atom is 0.420 e. The fourth-order valence-electron chi connectivity index (χ4n) is 3.76. The molecule has 1 aliphatic rings. The summed E-state index contributed by atoms with van der Waals surface area (Å²) in [5, 5.41) is 0. The highest BCUT2D eigenvalue weighted by Gasteiger charge is 2.30. The first-order valence-electron chi connectivity index (χ1n) is 9.08. The number of hydrogen-bond acceptors (Lipinski definition) is 4. The van der Waals surface area contributed by atoms with Gasteiger partial charge >= 0.3 is 5.76 Å². The second-order valence-electron chi connectivity index (χ2n) is 6.65. The van der Waals surface area contributed by atoms with Crippen molar-refractivity contribution in [3.63, 3.8) is 0 Å². The number of amides is 1. The van der Waals surface area contributed by atoms with Crippen LogP contribution in [0.25, 0.3) is 11.1 Å². The molecular weight excluding hydrogens is 332 g/mol. The highest BCUT2D eigenvalue weighted by molar-refractivity contribution is 5.80. The fourth-order valence-corrected chi connectivity index (χ4v) is 3.76. The molecule has 7 nitrogen and oxygen atoms in total. The normalized spacial score (nSPS) is 17.3. The van der Waals surface area contributed by atoms with Gasteiger partial charge in [-0.3, -0.25) is 9.36 Å².